The van der Waals surface area contributed by atoms with Crippen molar-refractivity contribution in [2.24, 2.45) is 0 Å². The Bertz CT molecular complexity index is 540. The van der Waals surface area contributed by atoms with E-state index in [1.165, 1.54) is 18.5 Å². The van der Waals surface area contributed by atoms with E-state index in [0.717, 1.165) is 5.56 Å². The fourth-order valence-corrected chi connectivity index (χ4v) is 1.50. The summed E-state index contributed by atoms with van der Waals surface area (Å²) in [6.07, 6.45) is -1.37. The second kappa shape index (κ2) is 4.20. The Hall–Kier alpha value is -1.85. The van der Waals surface area contributed by atoms with E-state index in [1.807, 2.05) is 6.92 Å². The van der Waals surface area contributed by atoms with E-state index in [0.29, 0.717) is 11.9 Å². The zero-order valence-electron chi connectivity index (χ0n) is 8.95. The van der Waals surface area contributed by atoms with Crippen LogP contribution >= 0.6 is 0 Å². The number of ether oxygens (including phenoxy) is 1. The number of hydrogen-bond donors (Lipinski definition) is 0. The highest BCUT2D eigenvalue weighted by Gasteiger charge is 2.32. The molecule has 0 radical (unpaired) electrons. The lowest BCUT2D eigenvalue weighted by Crippen LogP contribution is -2.17. The number of aromatic nitrogens is 2. The molecule has 0 aliphatic rings. The molecule has 6 heteroatoms. The third-order valence-corrected chi connectivity index (χ3v) is 2.23. The van der Waals surface area contributed by atoms with Gasteiger partial charge in [0.15, 0.2) is 5.75 Å². The lowest BCUT2D eigenvalue weighted by molar-refractivity contribution is -0.274. The second-order valence-corrected chi connectivity index (χ2v) is 3.42. The third-order valence-electron chi connectivity index (χ3n) is 2.23. The molecule has 0 spiro atoms. The minimum atomic E-state index is -4.73. The van der Waals surface area contributed by atoms with Crippen LogP contribution in [-0.2, 0) is 6.42 Å². The number of halogens is 3. The summed E-state index contributed by atoms with van der Waals surface area (Å²) in [5.74, 6) is -0.306. The maximum atomic E-state index is 12.2. The zero-order valence-corrected chi connectivity index (χ0v) is 8.95. The summed E-state index contributed by atoms with van der Waals surface area (Å²) < 4.78 is 40.7. The van der Waals surface area contributed by atoms with Crippen molar-refractivity contribution in [1.82, 2.24) is 9.97 Å². The number of aryl methyl sites for hydroxylation is 1. The number of nitrogens with zero attached hydrogens (tertiary/aromatic N) is 2. The minimum absolute atomic E-state index is 0.113. The standard InChI is InChI=1S/C11H9F3N2O/c1-2-7-5-8-10(16-4-3-15-8)9(6-7)17-11(12,13)14/h3-6H,2H2,1H3. The van der Waals surface area contributed by atoms with Crippen LogP contribution < -0.4 is 4.74 Å². The van der Waals surface area contributed by atoms with Crippen LogP contribution in [0.3, 0.4) is 0 Å². The van der Waals surface area contributed by atoms with Gasteiger partial charge in [-0.05, 0) is 24.1 Å². The van der Waals surface area contributed by atoms with E-state index in [4.69, 9.17) is 0 Å². The Kier molecular flexibility index (Phi) is 2.87. The molecule has 0 amide bonds. The van der Waals surface area contributed by atoms with Crippen LogP contribution in [0.4, 0.5) is 13.2 Å². The van der Waals surface area contributed by atoms with Gasteiger partial charge in [0.1, 0.15) is 5.52 Å². The summed E-state index contributed by atoms with van der Waals surface area (Å²) in [6.45, 7) is 1.84. The van der Waals surface area contributed by atoms with Crippen molar-refractivity contribution in [2.45, 2.75) is 19.7 Å². The molecule has 90 valence electrons. The molecule has 0 fully saturated rings. The molecule has 2 rings (SSSR count). The molecular weight excluding hydrogens is 233 g/mol. The summed E-state index contributed by atoms with van der Waals surface area (Å²) in [6, 6.07) is 3.04. The topological polar surface area (TPSA) is 35.0 Å². The van der Waals surface area contributed by atoms with Crippen molar-refractivity contribution in [3.05, 3.63) is 30.1 Å². The molecule has 17 heavy (non-hydrogen) atoms. The average molecular weight is 242 g/mol. The van der Waals surface area contributed by atoms with Gasteiger partial charge in [0.05, 0.1) is 5.52 Å². The smallest absolute Gasteiger partial charge is 0.403 e. The van der Waals surface area contributed by atoms with Gasteiger partial charge in [0.2, 0.25) is 0 Å². The van der Waals surface area contributed by atoms with E-state index in [2.05, 4.69) is 14.7 Å². The Morgan fingerprint density at radius 3 is 2.53 bits per heavy atom. The first kappa shape index (κ1) is 11.6. The predicted octanol–water partition coefficient (Wildman–Crippen LogP) is 3.09. The lowest BCUT2D eigenvalue weighted by Gasteiger charge is -2.11. The minimum Gasteiger partial charge on any atom is -0.403 e. The number of fused-ring (bicyclic) bond motifs is 1. The van der Waals surface area contributed by atoms with Crippen LogP contribution in [0.25, 0.3) is 11.0 Å². The maximum Gasteiger partial charge on any atom is 0.573 e. The Labute approximate surface area is 95.3 Å². The molecule has 0 bridgehead atoms. The molecule has 1 aromatic carbocycles. The molecule has 0 atom stereocenters. The van der Waals surface area contributed by atoms with Gasteiger partial charge in [-0.2, -0.15) is 0 Å². The molecule has 0 saturated carbocycles. The molecular formula is C11H9F3N2O. The van der Waals surface area contributed by atoms with Crippen LogP contribution in [0.5, 0.6) is 5.75 Å². The third kappa shape index (κ3) is 2.64. The van der Waals surface area contributed by atoms with Crippen molar-refractivity contribution in [3.8, 4) is 5.75 Å². The molecule has 3 nitrogen and oxygen atoms in total. The molecule has 0 unspecified atom stereocenters. The highest BCUT2D eigenvalue weighted by Crippen LogP contribution is 2.29. The predicted molar refractivity (Wildman–Crippen MR) is 55.6 cm³/mol. The first-order valence-corrected chi connectivity index (χ1v) is 4.99. The van der Waals surface area contributed by atoms with Crippen LogP contribution in [0, 0.1) is 0 Å². The lowest BCUT2D eigenvalue weighted by atomic mass is 10.1. The van der Waals surface area contributed by atoms with E-state index < -0.39 is 6.36 Å². The van der Waals surface area contributed by atoms with Crippen LogP contribution in [0.15, 0.2) is 24.5 Å². The summed E-state index contributed by atoms with van der Waals surface area (Å²) in [7, 11) is 0. The fourth-order valence-electron chi connectivity index (χ4n) is 1.50. The Morgan fingerprint density at radius 2 is 1.88 bits per heavy atom. The van der Waals surface area contributed by atoms with Gasteiger partial charge in [-0.15, -0.1) is 13.2 Å². The van der Waals surface area contributed by atoms with Crippen LogP contribution in [0.1, 0.15) is 12.5 Å². The van der Waals surface area contributed by atoms with E-state index in [1.54, 1.807) is 6.07 Å². The molecule has 2 aromatic rings. The molecule has 0 saturated heterocycles. The van der Waals surface area contributed by atoms with Gasteiger partial charge in [-0.1, -0.05) is 6.92 Å². The number of alkyl halides is 3. The quantitative estimate of drug-likeness (QED) is 0.811. The van der Waals surface area contributed by atoms with E-state index in [-0.39, 0.29) is 11.3 Å². The molecule has 0 aliphatic carbocycles. The normalized spacial score (nSPS) is 11.8. The maximum absolute atomic E-state index is 12.2. The Morgan fingerprint density at radius 1 is 1.18 bits per heavy atom. The SMILES string of the molecule is CCc1cc(OC(F)(F)F)c2nccnc2c1. The van der Waals surface area contributed by atoms with Crippen molar-refractivity contribution in [2.75, 3.05) is 0 Å². The molecule has 1 aromatic heterocycles. The molecule has 1 heterocycles. The highest BCUT2D eigenvalue weighted by molar-refractivity contribution is 5.81. The van der Waals surface area contributed by atoms with Gasteiger partial charge in [0.25, 0.3) is 0 Å². The first-order chi connectivity index (χ1) is 7.99. The van der Waals surface area contributed by atoms with Crippen molar-refractivity contribution >= 4 is 11.0 Å². The van der Waals surface area contributed by atoms with E-state index in [9.17, 15) is 13.2 Å². The Balaban J connectivity index is 2.58. The number of hydrogen-bond acceptors (Lipinski definition) is 3. The van der Waals surface area contributed by atoms with E-state index >= 15 is 0 Å². The average Bonchev–Trinajstić information content (AvgIpc) is 2.26. The first-order valence-electron chi connectivity index (χ1n) is 4.99. The van der Waals surface area contributed by atoms with Crippen molar-refractivity contribution in [1.29, 1.82) is 0 Å². The van der Waals surface area contributed by atoms with Gasteiger partial charge in [-0.3, -0.25) is 4.98 Å². The number of benzene rings is 1. The summed E-state index contributed by atoms with van der Waals surface area (Å²) in [5.41, 5.74) is 1.23. The van der Waals surface area contributed by atoms with Gasteiger partial charge < -0.3 is 4.74 Å². The van der Waals surface area contributed by atoms with Gasteiger partial charge in [-0.25, -0.2) is 4.98 Å². The summed E-state index contributed by atoms with van der Waals surface area (Å²) >= 11 is 0. The van der Waals surface area contributed by atoms with Crippen molar-refractivity contribution in [3.63, 3.8) is 0 Å². The second-order valence-electron chi connectivity index (χ2n) is 3.42. The zero-order chi connectivity index (χ0) is 12.5. The van der Waals surface area contributed by atoms with Crippen molar-refractivity contribution < 1.29 is 17.9 Å². The molecule has 0 N–H and O–H groups in total. The summed E-state index contributed by atoms with van der Waals surface area (Å²) in [5, 5.41) is 0. The van der Waals surface area contributed by atoms with Crippen LogP contribution in [-0.4, -0.2) is 16.3 Å². The summed E-state index contributed by atoms with van der Waals surface area (Å²) in [4.78, 5) is 7.82. The van der Waals surface area contributed by atoms with Crippen LogP contribution in [0.2, 0.25) is 0 Å². The monoisotopic (exact) mass is 242 g/mol. The fraction of sp³-hybridized carbons (Fsp3) is 0.273. The largest absolute Gasteiger partial charge is 0.573 e. The highest BCUT2D eigenvalue weighted by atomic mass is 19.4. The molecule has 0 aliphatic heterocycles. The van der Waals surface area contributed by atoms with Gasteiger partial charge in [0, 0.05) is 12.4 Å². The number of rotatable bonds is 2. The van der Waals surface area contributed by atoms with Gasteiger partial charge >= 0.3 is 6.36 Å².